The van der Waals surface area contributed by atoms with Crippen LogP contribution in [0.15, 0.2) is 29.3 Å². The summed E-state index contributed by atoms with van der Waals surface area (Å²) in [4.78, 5) is 11.5. The van der Waals surface area contributed by atoms with Crippen LogP contribution in [-0.4, -0.2) is 14.8 Å². The Balaban J connectivity index is 2.89. The van der Waals surface area contributed by atoms with Gasteiger partial charge in [-0.3, -0.25) is 4.79 Å². The molecule has 2 heterocycles. The van der Waals surface area contributed by atoms with E-state index < -0.39 is 0 Å². The van der Waals surface area contributed by atoms with Gasteiger partial charge in [0.1, 0.15) is 0 Å². The zero-order chi connectivity index (χ0) is 10.1. The highest BCUT2D eigenvalue weighted by Crippen LogP contribution is 2.10. The van der Waals surface area contributed by atoms with Gasteiger partial charge in [0.05, 0.1) is 11.6 Å². The molecule has 0 aliphatic rings. The van der Waals surface area contributed by atoms with Crippen LogP contribution < -0.4 is 5.43 Å². The summed E-state index contributed by atoms with van der Waals surface area (Å²) in [6, 6.07) is 3.53. The lowest BCUT2D eigenvalue weighted by Gasteiger charge is -2.11. The Labute approximate surface area is 81.2 Å². The average Bonchev–Trinajstić information content (AvgIpc) is 2.18. The first-order valence-electron chi connectivity index (χ1n) is 4.52. The Morgan fingerprint density at radius 1 is 1.36 bits per heavy atom. The second kappa shape index (κ2) is 3.21. The van der Waals surface area contributed by atoms with Gasteiger partial charge in [-0.05, 0) is 19.9 Å². The molecule has 0 aliphatic carbocycles. The molecule has 0 radical (unpaired) electrons. The summed E-state index contributed by atoms with van der Waals surface area (Å²) >= 11 is 0. The molecule has 2 aromatic rings. The van der Waals surface area contributed by atoms with Crippen molar-refractivity contribution in [1.29, 1.82) is 0 Å². The van der Waals surface area contributed by atoms with Gasteiger partial charge in [0.15, 0.2) is 11.1 Å². The van der Waals surface area contributed by atoms with Gasteiger partial charge in [-0.15, -0.1) is 5.10 Å². The van der Waals surface area contributed by atoms with Crippen LogP contribution in [0.5, 0.6) is 0 Å². The molecule has 72 valence electrons. The average molecular weight is 189 g/mol. The molecule has 0 aliphatic heterocycles. The van der Waals surface area contributed by atoms with Crippen LogP contribution in [0.25, 0.3) is 11.0 Å². The van der Waals surface area contributed by atoms with E-state index in [-0.39, 0.29) is 11.5 Å². The van der Waals surface area contributed by atoms with Gasteiger partial charge in [0.2, 0.25) is 0 Å². The van der Waals surface area contributed by atoms with Crippen molar-refractivity contribution in [3.05, 3.63) is 34.7 Å². The largest absolute Gasteiger partial charge is 0.328 e. The van der Waals surface area contributed by atoms with Gasteiger partial charge in [0, 0.05) is 18.3 Å². The van der Waals surface area contributed by atoms with E-state index >= 15 is 0 Å². The van der Waals surface area contributed by atoms with Crippen molar-refractivity contribution < 1.29 is 0 Å². The Kier molecular flexibility index (Phi) is 2.04. The summed E-state index contributed by atoms with van der Waals surface area (Å²) in [5.41, 5.74) is 0.641. The molecule has 0 fully saturated rings. The van der Waals surface area contributed by atoms with Crippen LogP contribution in [0.2, 0.25) is 0 Å². The van der Waals surface area contributed by atoms with Crippen LogP contribution >= 0.6 is 0 Å². The molecule has 0 N–H and O–H groups in total. The lowest BCUT2D eigenvalue weighted by atomic mass is 10.2. The zero-order valence-corrected chi connectivity index (χ0v) is 8.14. The predicted molar refractivity (Wildman–Crippen MR) is 54.2 cm³/mol. The molecular weight excluding hydrogens is 178 g/mol. The number of aromatic nitrogens is 3. The van der Waals surface area contributed by atoms with Crippen molar-refractivity contribution >= 4 is 11.0 Å². The third-order valence-electron chi connectivity index (χ3n) is 2.15. The minimum absolute atomic E-state index is 0.00759. The van der Waals surface area contributed by atoms with Gasteiger partial charge in [-0.1, -0.05) is 0 Å². The third-order valence-corrected chi connectivity index (χ3v) is 2.15. The third kappa shape index (κ3) is 1.28. The maximum absolute atomic E-state index is 11.5. The van der Waals surface area contributed by atoms with E-state index in [0.717, 1.165) is 0 Å². The second-order valence-electron chi connectivity index (χ2n) is 3.45. The van der Waals surface area contributed by atoms with E-state index in [1.165, 1.54) is 6.20 Å². The van der Waals surface area contributed by atoms with Crippen LogP contribution in [0.4, 0.5) is 0 Å². The summed E-state index contributed by atoms with van der Waals surface area (Å²) in [6.45, 7) is 4.08. The Morgan fingerprint density at radius 2 is 2.14 bits per heavy atom. The molecule has 0 saturated heterocycles. The Morgan fingerprint density at radius 3 is 2.86 bits per heavy atom. The van der Waals surface area contributed by atoms with Gasteiger partial charge in [-0.2, -0.15) is 5.10 Å². The van der Waals surface area contributed by atoms with Gasteiger partial charge < -0.3 is 4.57 Å². The Hall–Kier alpha value is -1.71. The normalized spacial score (nSPS) is 11.1. The zero-order valence-electron chi connectivity index (χ0n) is 8.14. The molecule has 14 heavy (non-hydrogen) atoms. The van der Waals surface area contributed by atoms with Gasteiger partial charge in [-0.25, -0.2) is 0 Å². The van der Waals surface area contributed by atoms with Crippen LogP contribution in [0.3, 0.4) is 0 Å². The SMILES string of the molecule is CC(C)n1ccc(=O)c2ccnnc21. The molecule has 4 heteroatoms. The molecule has 2 rings (SSSR count). The molecule has 0 bridgehead atoms. The minimum atomic E-state index is -0.00759. The highest BCUT2D eigenvalue weighted by molar-refractivity contribution is 5.73. The maximum atomic E-state index is 11.5. The first-order valence-corrected chi connectivity index (χ1v) is 4.52. The van der Waals surface area contributed by atoms with E-state index in [1.54, 1.807) is 18.3 Å². The number of nitrogens with zero attached hydrogens (tertiary/aromatic N) is 3. The van der Waals surface area contributed by atoms with Crippen LogP contribution in [0.1, 0.15) is 19.9 Å². The van der Waals surface area contributed by atoms with E-state index in [0.29, 0.717) is 11.0 Å². The minimum Gasteiger partial charge on any atom is -0.328 e. The van der Waals surface area contributed by atoms with E-state index in [1.807, 2.05) is 18.4 Å². The summed E-state index contributed by atoms with van der Waals surface area (Å²) in [6.07, 6.45) is 3.29. The fraction of sp³-hybridized carbons (Fsp3) is 0.300. The van der Waals surface area contributed by atoms with Crippen molar-refractivity contribution in [2.75, 3.05) is 0 Å². The van der Waals surface area contributed by atoms with Crippen molar-refractivity contribution in [3.8, 4) is 0 Å². The highest BCUT2D eigenvalue weighted by atomic mass is 16.1. The van der Waals surface area contributed by atoms with E-state index in [9.17, 15) is 4.79 Å². The number of rotatable bonds is 1. The lowest BCUT2D eigenvalue weighted by molar-refractivity contribution is 0.609. The standard InChI is InChI=1S/C10H11N3O/c1-7(2)13-6-4-9(14)8-3-5-11-12-10(8)13/h3-7H,1-2H3. The van der Waals surface area contributed by atoms with E-state index in [4.69, 9.17) is 0 Å². The first-order chi connectivity index (χ1) is 6.70. The monoisotopic (exact) mass is 189 g/mol. The van der Waals surface area contributed by atoms with Gasteiger partial charge in [0.25, 0.3) is 0 Å². The maximum Gasteiger partial charge on any atom is 0.191 e. The molecule has 0 saturated carbocycles. The summed E-state index contributed by atoms with van der Waals surface area (Å²) in [5.74, 6) is 0. The van der Waals surface area contributed by atoms with Crippen molar-refractivity contribution in [2.24, 2.45) is 0 Å². The predicted octanol–water partition coefficient (Wildman–Crippen LogP) is 1.37. The summed E-state index contributed by atoms with van der Waals surface area (Å²) in [7, 11) is 0. The molecule has 0 spiro atoms. The van der Waals surface area contributed by atoms with Crippen LogP contribution in [-0.2, 0) is 0 Å². The highest BCUT2D eigenvalue weighted by Gasteiger charge is 2.05. The summed E-state index contributed by atoms with van der Waals surface area (Å²) < 4.78 is 1.93. The number of hydrogen-bond acceptors (Lipinski definition) is 3. The topological polar surface area (TPSA) is 47.8 Å². The molecule has 0 amide bonds. The molecule has 0 atom stereocenters. The van der Waals surface area contributed by atoms with Gasteiger partial charge >= 0.3 is 0 Å². The number of pyridine rings is 1. The fourth-order valence-electron chi connectivity index (χ4n) is 1.43. The van der Waals surface area contributed by atoms with Crippen molar-refractivity contribution in [2.45, 2.75) is 19.9 Å². The molecule has 4 nitrogen and oxygen atoms in total. The van der Waals surface area contributed by atoms with Crippen LogP contribution in [0, 0.1) is 0 Å². The fourth-order valence-corrected chi connectivity index (χ4v) is 1.43. The van der Waals surface area contributed by atoms with Crippen molar-refractivity contribution in [3.63, 3.8) is 0 Å². The van der Waals surface area contributed by atoms with E-state index in [2.05, 4.69) is 10.2 Å². The first kappa shape index (κ1) is 8.87. The molecule has 0 unspecified atom stereocenters. The Bertz CT molecular complexity index is 516. The molecule has 0 aromatic carbocycles. The summed E-state index contributed by atoms with van der Waals surface area (Å²) in [5, 5.41) is 8.38. The smallest absolute Gasteiger partial charge is 0.191 e. The number of hydrogen-bond donors (Lipinski definition) is 0. The molecule has 2 aromatic heterocycles. The molecular formula is C10H11N3O. The quantitative estimate of drug-likeness (QED) is 0.680. The number of fused-ring (bicyclic) bond motifs is 1. The second-order valence-corrected chi connectivity index (χ2v) is 3.45. The lowest BCUT2D eigenvalue weighted by Crippen LogP contribution is -2.11. The van der Waals surface area contributed by atoms with Crippen molar-refractivity contribution in [1.82, 2.24) is 14.8 Å².